The van der Waals surface area contributed by atoms with E-state index in [1.165, 1.54) is 12.1 Å². The SMILES string of the molecule is CC(C)(Oc1cccc(C(NC(=O)O[C@H]2CN3CCC2CC3)c2ccccc2)c1)C(=O)OCCCCCNC[C@H](O)c1ccc(O)c2[nH]c(=O)ccc12. The number of aliphatic hydroxyl groups is 1. The molecule has 53 heavy (non-hydrogen) atoms. The van der Waals surface area contributed by atoms with Gasteiger partial charge in [0.25, 0.3) is 0 Å². The first-order valence-electron chi connectivity index (χ1n) is 18.5. The molecular formula is C41H50N4O8. The molecule has 4 heterocycles. The predicted octanol–water partition coefficient (Wildman–Crippen LogP) is 5.34. The van der Waals surface area contributed by atoms with Gasteiger partial charge in [-0.25, -0.2) is 9.59 Å². The van der Waals surface area contributed by atoms with Crippen LogP contribution < -0.4 is 20.9 Å². The normalized spacial score (nSPS) is 19.3. The molecule has 0 radical (unpaired) electrons. The largest absolute Gasteiger partial charge is 0.506 e. The Morgan fingerprint density at radius 3 is 2.49 bits per heavy atom. The minimum Gasteiger partial charge on any atom is -0.506 e. The highest BCUT2D eigenvalue weighted by molar-refractivity contribution is 5.87. The number of ether oxygens (including phenoxy) is 3. The molecule has 3 aliphatic rings. The molecule has 0 aliphatic carbocycles. The molecule has 3 aromatic carbocycles. The van der Waals surface area contributed by atoms with E-state index in [0.717, 1.165) is 56.4 Å². The average Bonchev–Trinajstić information content (AvgIpc) is 3.16. The fraction of sp³-hybridized carbons (Fsp3) is 0.439. The molecule has 5 N–H and O–H groups in total. The van der Waals surface area contributed by atoms with Crippen molar-refractivity contribution in [1.82, 2.24) is 20.5 Å². The topological polar surface area (TPSA) is 162 Å². The number of unbranched alkanes of at least 4 members (excludes halogenated alkanes) is 2. The van der Waals surface area contributed by atoms with Gasteiger partial charge < -0.3 is 40.0 Å². The molecule has 282 valence electrons. The Kier molecular flexibility index (Phi) is 12.3. The second-order valence-electron chi connectivity index (χ2n) is 14.5. The number of nitrogens with zero attached hydrogens (tertiary/aromatic N) is 1. The Morgan fingerprint density at radius 2 is 1.74 bits per heavy atom. The van der Waals surface area contributed by atoms with E-state index in [9.17, 15) is 24.6 Å². The van der Waals surface area contributed by atoms with Gasteiger partial charge >= 0.3 is 12.1 Å². The number of fused-ring (bicyclic) bond motifs is 4. The summed E-state index contributed by atoms with van der Waals surface area (Å²) < 4.78 is 17.7. The quantitative estimate of drug-likeness (QED) is 0.0753. The highest BCUT2D eigenvalue weighted by Crippen LogP contribution is 2.32. The van der Waals surface area contributed by atoms with Crippen molar-refractivity contribution in [2.45, 2.75) is 69.8 Å². The summed E-state index contributed by atoms with van der Waals surface area (Å²) in [6.07, 6.45) is 2.99. The van der Waals surface area contributed by atoms with E-state index in [4.69, 9.17) is 14.2 Å². The Bertz CT molecular complexity index is 1910. The lowest BCUT2D eigenvalue weighted by molar-refractivity contribution is -0.159. The van der Waals surface area contributed by atoms with Crippen LogP contribution in [-0.2, 0) is 14.3 Å². The van der Waals surface area contributed by atoms with Gasteiger partial charge in [0.2, 0.25) is 5.56 Å². The Morgan fingerprint density at radius 1 is 0.962 bits per heavy atom. The first-order valence-corrected chi connectivity index (χ1v) is 18.5. The number of amides is 1. The molecule has 1 aromatic heterocycles. The predicted molar refractivity (Wildman–Crippen MR) is 201 cm³/mol. The van der Waals surface area contributed by atoms with Crippen LogP contribution in [0.3, 0.4) is 0 Å². The number of hydrogen-bond donors (Lipinski definition) is 5. The number of hydrogen-bond acceptors (Lipinski definition) is 10. The lowest BCUT2D eigenvalue weighted by Crippen LogP contribution is -2.52. The number of rotatable bonds is 16. The van der Waals surface area contributed by atoms with Crippen LogP contribution >= 0.6 is 0 Å². The van der Waals surface area contributed by atoms with E-state index in [1.807, 2.05) is 48.5 Å². The molecule has 12 heteroatoms. The van der Waals surface area contributed by atoms with Crippen molar-refractivity contribution in [3.8, 4) is 11.5 Å². The van der Waals surface area contributed by atoms with Crippen molar-refractivity contribution in [1.29, 1.82) is 0 Å². The maximum absolute atomic E-state index is 13.2. The van der Waals surface area contributed by atoms with Gasteiger partial charge in [-0.2, -0.15) is 0 Å². The van der Waals surface area contributed by atoms with Crippen molar-refractivity contribution >= 4 is 23.0 Å². The summed E-state index contributed by atoms with van der Waals surface area (Å²) >= 11 is 0. The minimum absolute atomic E-state index is 0.0499. The van der Waals surface area contributed by atoms with E-state index in [1.54, 1.807) is 32.0 Å². The smallest absolute Gasteiger partial charge is 0.408 e. The van der Waals surface area contributed by atoms with Crippen LogP contribution in [0.1, 0.15) is 74.8 Å². The van der Waals surface area contributed by atoms with Gasteiger partial charge in [-0.1, -0.05) is 48.5 Å². The maximum Gasteiger partial charge on any atom is 0.408 e. The standard InChI is InChI=1S/C41H50N4O8/c1-41(2,39(49)51-23-8-4-7-20-42-25-34(47)31-14-16-33(46)38-32(31)15-17-36(48)43-38)53-30-13-9-12-29(24-30)37(28-10-5-3-6-11-28)44-40(50)52-35-26-45-21-18-27(35)19-22-45/h3,5-6,9-17,24,27,34-35,37,42,46-47H,4,7-8,18-23,25-26H2,1-2H3,(H,43,48)(H,44,50)/t34-,35-,37?/m0/s1. The molecule has 1 unspecified atom stereocenters. The highest BCUT2D eigenvalue weighted by Gasteiger charge is 2.37. The zero-order valence-corrected chi connectivity index (χ0v) is 30.4. The average molecular weight is 727 g/mol. The molecule has 7 rings (SSSR count). The molecule has 1 amide bonds. The van der Waals surface area contributed by atoms with Crippen LogP contribution in [0.4, 0.5) is 4.79 Å². The fourth-order valence-corrected chi connectivity index (χ4v) is 7.20. The lowest BCUT2D eigenvalue weighted by Gasteiger charge is -2.43. The van der Waals surface area contributed by atoms with Crippen LogP contribution in [0.25, 0.3) is 10.9 Å². The van der Waals surface area contributed by atoms with Gasteiger partial charge in [0.1, 0.15) is 17.6 Å². The first kappa shape index (κ1) is 37.8. The molecule has 0 saturated carbocycles. The van der Waals surface area contributed by atoms with E-state index in [0.29, 0.717) is 47.6 Å². The summed E-state index contributed by atoms with van der Waals surface area (Å²) in [6, 6.07) is 22.6. The molecule has 3 fully saturated rings. The summed E-state index contributed by atoms with van der Waals surface area (Å²) in [5, 5.41) is 27.7. The Hall–Kier alpha value is -4.91. The number of nitrogens with one attached hydrogen (secondary N) is 3. The van der Waals surface area contributed by atoms with Gasteiger partial charge in [-0.05, 0) is 112 Å². The number of aromatic hydroxyl groups is 1. The van der Waals surface area contributed by atoms with E-state index in [2.05, 4.69) is 20.5 Å². The summed E-state index contributed by atoms with van der Waals surface area (Å²) in [7, 11) is 0. The summed E-state index contributed by atoms with van der Waals surface area (Å²) in [4.78, 5) is 42.9. The molecule has 3 atom stereocenters. The van der Waals surface area contributed by atoms with Crippen molar-refractivity contribution < 1.29 is 34.0 Å². The number of benzene rings is 3. The molecule has 2 bridgehead atoms. The molecule has 4 aromatic rings. The number of carbonyl (C=O) groups is 2. The second-order valence-corrected chi connectivity index (χ2v) is 14.5. The van der Waals surface area contributed by atoms with Gasteiger partial charge in [-0.15, -0.1) is 0 Å². The number of pyridine rings is 1. The van der Waals surface area contributed by atoms with E-state index >= 15 is 0 Å². The molecule has 12 nitrogen and oxygen atoms in total. The van der Waals surface area contributed by atoms with Crippen molar-refractivity contribution in [3.05, 3.63) is 106 Å². The van der Waals surface area contributed by atoms with E-state index in [-0.39, 0.29) is 24.0 Å². The van der Waals surface area contributed by atoms with Crippen molar-refractivity contribution in [2.24, 2.45) is 5.92 Å². The highest BCUT2D eigenvalue weighted by atomic mass is 16.6. The zero-order chi connectivity index (χ0) is 37.4. The number of alkyl carbamates (subject to hydrolysis) is 1. The third-order valence-corrected chi connectivity index (χ3v) is 10.1. The molecule has 3 saturated heterocycles. The third-order valence-electron chi connectivity index (χ3n) is 10.1. The monoisotopic (exact) mass is 726 g/mol. The van der Waals surface area contributed by atoms with Crippen LogP contribution in [-0.4, -0.2) is 83.2 Å². The number of carbonyl (C=O) groups excluding carboxylic acids is 2. The third kappa shape index (κ3) is 9.75. The number of aliphatic hydroxyl groups excluding tert-OH is 1. The number of H-pyrrole nitrogens is 1. The molecule has 0 spiro atoms. The van der Waals surface area contributed by atoms with Crippen LogP contribution in [0.2, 0.25) is 0 Å². The van der Waals surface area contributed by atoms with Crippen molar-refractivity contribution in [2.75, 3.05) is 39.3 Å². The summed E-state index contributed by atoms with van der Waals surface area (Å²) in [6.45, 7) is 7.44. The fourth-order valence-electron chi connectivity index (χ4n) is 7.20. The van der Waals surface area contributed by atoms with Gasteiger partial charge in [0.15, 0.2) is 5.60 Å². The summed E-state index contributed by atoms with van der Waals surface area (Å²) in [5.41, 5.74) is 1.00. The Balaban J connectivity index is 0.948. The van der Waals surface area contributed by atoms with Crippen LogP contribution in [0.5, 0.6) is 11.5 Å². The van der Waals surface area contributed by atoms with Gasteiger partial charge in [0, 0.05) is 24.5 Å². The zero-order valence-electron chi connectivity index (χ0n) is 30.4. The summed E-state index contributed by atoms with van der Waals surface area (Å²) in [5.74, 6) is 0.342. The number of aromatic amines is 1. The number of phenolic OH excluding ortho intramolecular Hbond substituents is 1. The molecule has 3 aliphatic heterocycles. The number of piperidine rings is 3. The number of aromatic nitrogens is 1. The number of esters is 1. The van der Waals surface area contributed by atoms with Crippen LogP contribution in [0, 0.1) is 5.92 Å². The van der Waals surface area contributed by atoms with Gasteiger partial charge in [-0.3, -0.25) is 9.69 Å². The minimum atomic E-state index is -1.26. The molecular weight excluding hydrogens is 676 g/mol. The Labute approximate surface area is 309 Å². The van der Waals surface area contributed by atoms with Crippen molar-refractivity contribution in [3.63, 3.8) is 0 Å². The van der Waals surface area contributed by atoms with Gasteiger partial charge in [0.05, 0.1) is 24.3 Å². The lowest BCUT2D eigenvalue weighted by atomic mass is 9.86. The number of phenols is 1. The second kappa shape index (κ2) is 17.3. The maximum atomic E-state index is 13.2. The van der Waals surface area contributed by atoms with E-state index < -0.39 is 29.8 Å². The first-order chi connectivity index (χ1) is 25.6. The van der Waals surface area contributed by atoms with Crippen LogP contribution in [0.15, 0.2) is 83.7 Å².